The van der Waals surface area contributed by atoms with Crippen LogP contribution in [0.5, 0.6) is 0 Å². The lowest BCUT2D eigenvalue weighted by Crippen LogP contribution is -2.07. The highest BCUT2D eigenvalue weighted by Crippen LogP contribution is 2.22. The van der Waals surface area contributed by atoms with Crippen LogP contribution in [-0.4, -0.2) is 15.0 Å². The van der Waals surface area contributed by atoms with Gasteiger partial charge >= 0.3 is 0 Å². The van der Waals surface area contributed by atoms with Gasteiger partial charge in [-0.15, -0.1) is 5.10 Å². The maximum atomic E-state index is 13.1. The molecule has 2 rings (SSSR count). The van der Waals surface area contributed by atoms with Gasteiger partial charge in [-0.25, -0.2) is 9.07 Å². The van der Waals surface area contributed by atoms with Crippen LogP contribution in [0.15, 0.2) is 28.9 Å². The molecule has 78 valence electrons. The first kappa shape index (κ1) is 10.3. The van der Waals surface area contributed by atoms with Crippen molar-refractivity contribution >= 4 is 15.9 Å². The quantitative estimate of drug-likeness (QED) is 0.903. The highest BCUT2D eigenvalue weighted by atomic mass is 79.9. The van der Waals surface area contributed by atoms with Crippen LogP contribution < -0.4 is 5.73 Å². The first-order chi connectivity index (χ1) is 7.22. The molecule has 0 bridgehead atoms. The lowest BCUT2D eigenvalue weighted by molar-refractivity contribution is 0.623. The SMILES string of the molecule is NCc1cnnn1-c1cc(F)ccc1Br. The maximum Gasteiger partial charge on any atom is 0.125 e. The fourth-order valence-electron chi connectivity index (χ4n) is 1.25. The van der Waals surface area contributed by atoms with Gasteiger partial charge in [0.15, 0.2) is 0 Å². The molecule has 0 amide bonds. The first-order valence-corrected chi connectivity index (χ1v) is 5.06. The van der Waals surface area contributed by atoms with Crippen LogP contribution in [0.2, 0.25) is 0 Å². The number of rotatable bonds is 2. The lowest BCUT2D eigenvalue weighted by atomic mass is 10.3. The summed E-state index contributed by atoms with van der Waals surface area (Å²) in [5, 5.41) is 7.58. The molecule has 0 aliphatic carbocycles. The Hall–Kier alpha value is -1.27. The zero-order valence-electron chi connectivity index (χ0n) is 7.69. The lowest BCUT2D eigenvalue weighted by Gasteiger charge is -2.06. The van der Waals surface area contributed by atoms with E-state index in [2.05, 4.69) is 26.2 Å². The zero-order chi connectivity index (χ0) is 10.8. The summed E-state index contributed by atoms with van der Waals surface area (Å²) < 4.78 is 15.3. The molecular formula is C9H8BrFN4. The van der Waals surface area contributed by atoms with E-state index in [9.17, 15) is 4.39 Å². The van der Waals surface area contributed by atoms with Crippen molar-refractivity contribution in [2.75, 3.05) is 0 Å². The van der Waals surface area contributed by atoms with Gasteiger partial charge in [-0.2, -0.15) is 0 Å². The molecule has 1 aromatic heterocycles. The van der Waals surface area contributed by atoms with Gasteiger partial charge in [0.2, 0.25) is 0 Å². The molecule has 15 heavy (non-hydrogen) atoms. The van der Waals surface area contributed by atoms with Crippen LogP contribution in [0.25, 0.3) is 5.69 Å². The summed E-state index contributed by atoms with van der Waals surface area (Å²) in [5.41, 5.74) is 6.82. The topological polar surface area (TPSA) is 56.7 Å². The van der Waals surface area contributed by atoms with E-state index in [1.807, 2.05) is 0 Å². The minimum atomic E-state index is -0.327. The second kappa shape index (κ2) is 4.08. The van der Waals surface area contributed by atoms with Crippen molar-refractivity contribution in [3.05, 3.63) is 40.4 Å². The molecule has 2 aromatic rings. The summed E-state index contributed by atoms with van der Waals surface area (Å²) in [6, 6.07) is 4.36. The normalized spacial score (nSPS) is 10.6. The molecule has 0 aliphatic rings. The van der Waals surface area contributed by atoms with E-state index < -0.39 is 0 Å². The summed E-state index contributed by atoms with van der Waals surface area (Å²) in [7, 11) is 0. The molecule has 2 N–H and O–H groups in total. The Balaban J connectivity index is 2.58. The van der Waals surface area contributed by atoms with Gasteiger partial charge in [0, 0.05) is 17.1 Å². The van der Waals surface area contributed by atoms with Crippen molar-refractivity contribution in [3.8, 4) is 5.69 Å². The summed E-state index contributed by atoms with van der Waals surface area (Å²) in [6.45, 7) is 0.302. The Morgan fingerprint density at radius 1 is 1.47 bits per heavy atom. The van der Waals surface area contributed by atoms with E-state index in [1.165, 1.54) is 16.8 Å². The average molecular weight is 271 g/mol. The van der Waals surface area contributed by atoms with Crippen LogP contribution in [0.4, 0.5) is 4.39 Å². The summed E-state index contributed by atoms with van der Waals surface area (Å²) >= 11 is 3.32. The number of halogens is 2. The average Bonchev–Trinajstić information content (AvgIpc) is 2.69. The Bertz CT molecular complexity index is 483. The molecule has 0 radical (unpaired) electrons. The Kier molecular flexibility index (Phi) is 2.79. The molecule has 0 spiro atoms. The molecule has 1 heterocycles. The molecule has 0 saturated carbocycles. The number of aromatic nitrogens is 3. The van der Waals surface area contributed by atoms with E-state index >= 15 is 0 Å². The van der Waals surface area contributed by atoms with E-state index in [1.54, 1.807) is 12.3 Å². The largest absolute Gasteiger partial charge is 0.325 e. The standard InChI is InChI=1S/C9H8BrFN4/c10-8-2-1-6(11)3-9(8)15-7(4-12)5-13-14-15/h1-3,5H,4,12H2. The predicted octanol–water partition coefficient (Wildman–Crippen LogP) is 1.63. The summed E-state index contributed by atoms with van der Waals surface area (Å²) in [5.74, 6) is -0.327. The van der Waals surface area contributed by atoms with Gasteiger partial charge in [-0.3, -0.25) is 0 Å². The van der Waals surface area contributed by atoms with E-state index in [0.29, 0.717) is 12.2 Å². The Morgan fingerprint density at radius 2 is 2.27 bits per heavy atom. The van der Waals surface area contributed by atoms with Gasteiger partial charge in [-0.1, -0.05) is 5.21 Å². The third-order valence-electron chi connectivity index (χ3n) is 1.97. The molecule has 0 fully saturated rings. The van der Waals surface area contributed by atoms with Crippen LogP contribution in [-0.2, 0) is 6.54 Å². The fraction of sp³-hybridized carbons (Fsp3) is 0.111. The van der Waals surface area contributed by atoms with Crippen LogP contribution in [0.1, 0.15) is 5.69 Å². The minimum Gasteiger partial charge on any atom is -0.325 e. The predicted molar refractivity (Wildman–Crippen MR) is 56.9 cm³/mol. The smallest absolute Gasteiger partial charge is 0.125 e. The number of hydrogen-bond acceptors (Lipinski definition) is 3. The summed E-state index contributed by atoms with van der Waals surface area (Å²) in [6.07, 6.45) is 1.55. The second-order valence-corrected chi connectivity index (χ2v) is 3.79. The van der Waals surface area contributed by atoms with Crippen LogP contribution >= 0.6 is 15.9 Å². The monoisotopic (exact) mass is 270 g/mol. The van der Waals surface area contributed by atoms with Crippen molar-refractivity contribution in [2.24, 2.45) is 5.73 Å². The van der Waals surface area contributed by atoms with Crippen molar-refractivity contribution < 1.29 is 4.39 Å². The molecule has 6 heteroatoms. The van der Waals surface area contributed by atoms with Crippen LogP contribution in [0.3, 0.4) is 0 Å². The second-order valence-electron chi connectivity index (χ2n) is 2.94. The van der Waals surface area contributed by atoms with Gasteiger partial charge in [-0.05, 0) is 28.1 Å². The molecule has 0 aliphatic heterocycles. The molecule has 4 nitrogen and oxygen atoms in total. The van der Waals surface area contributed by atoms with E-state index in [4.69, 9.17) is 5.73 Å². The molecule has 1 aromatic carbocycles. The number of benzene rings is 1. The van der Waals surface area contributed by atoms with E-state index in [-0.39, 0.29) is 5.82 Å². The van der Waals surface area contributed by atoms with Gasteiger partial charge in [0.1, 0.15) is 5.82 Å². The summed E-state index contributed by atoms with van der Waals surface area (Å²) in [4.78, 5) is 0. The Labute approximate surface area is 94.0 Å². The number of nitrogens with two attached hydrogens (primary N) is 1. The molecular weight excluding hydrogens is 263 g/mol. The number of nitrogens with zero attached hydrogens (tertiary/aromatic N) is 3. The molecule has 0 unspecified atom stereocenters. The minimum absolute atomic E-state index is 0.302. The van der Waals surface area contributed by atoms with Crippen molar-refractivity contribution in [1.29, 1.82) is 0 Å². The van der Waals surface area contributed by atoms with E-state index in [0.717, 1.165) is 10.2 Å². The molecule has 0 atom stereocenters. The third kappa shape index (κ3) is 1.91. The zero-order valence-corrected chi connectivity index (χ0v) is 9.28. The first-order valence-electron chi connectivity index (χ1n) is 4.27. The van der Waals surface area contributed by atoms with Gasteiger partial charge in [0.05, 0.1) is 17.6 Å². The van der Waals surface area contributed by atoms with Crippen molar-refractivity contribution in [2.45, 2.75) is 6.54 Å². The van der Waals surface area contributed by atoms with Gasteiger partial charge < -0.3 is 5.73 Å². The maximum absolute atomic E-state index is 13.1. The van der Waals surface area contributed by atoms with Gasteiger partial charge in [0.25, 0.3) is 0 Å². The highest BCUT2D eigenvalue weighted by molar-refractivity contribution is 9.10. The van der Waals surface area contributed by atoms with Crippen molar-refractivity contribution in [1.82, 2.24) is 15.0 Å². The third-order valence-corrected chi connectivity index (χ3v) is 2.64. The van der Waals surface area contributed by atoms with Crippen molar-refractivity contribution in [3.63, 3.8) is 0 Å². The fourth-order valence-corrected chi connectivity index (χ4v) is 1.66. The molecule has 0 saturated heterocycles. The Morgan fingerprint density at radius 3 is 3.00 bits per heavy atom. The highest BCUT2D eigenvalue weighted by Gasteiger charge is 2.09. The number of hydrogen-bond donors (Lipinski definition) is 1. The van der Waals surface area contributed by atoms with Crippen LogP contribution in [0, 0.1) is 5.82 Å².